The van der Waals surface area contributed by atoms with Gasteiger partial charge < -0.3 is 0 Å². The molecule has 0 amide bonds. The Labute approximate surface area is 150 Å². The summed E-state index contributed by atoms with van der Waals surface area (Å²) in [5, 5.41) is 6.11. The van der Waals surface area contributed by atoms with Crippen LogP contribution in [0.3, 0.4) is 0 Å². The van der Waals surface area contributed by atoms with Crippen LogP contribution in [0.25, 0.3) is 32.5 Å². The zero-order valence-electron chi connectivity index (χ0n) is 11.9. The van der Waals surface area contributed by atoms with E-state index in [1.165, 1.54) is 0 Å². The summed E-state index contributed by atoms with van der Waals surface area (Å²) >= 11 is 6.73. The van der Waals surface area contributed by atoms with Gasteiger partial charge in [0.25, 0.3) is 0 Å². The van der Waals surface area contributed by atoms with Crippen molar-refractivity contribution in [3.05, 3.63) is 69.8 Å². The molecule has 2 heterocycles. The van der Waals surface area contributed by atoms with Crippen LogP contribution in [-0.4, -0.2) is 9.97 Å². The normalized spacial score (nSPS) is 10.8. The lowest BCUT2D eigenvalue weighted by atomic mass is 10.2. The molecule has 2 aromatic carbocycles. The van der Waals surface area contributed by atoms with Gasteiger partial charge in [0.1, 0.15) is 0 Å². The molecule has 4 rings (SSSR count). The first-order valence-electron chi connectivity index (χ1n) is 7.02. The second-order valence-electron chi connectivity index (χ2n) is 4.95. The minimum atomic E-state index is 0.968. The van der Waals surface area contributed by atoms with Gasteiger partial charge in [-0.05, 0) is 12.1 Å². The van der Waals surface area contributed by atoms with E-state index in [4.69, 9.17) is 9.97 Å². The van der Waals surface area contributed by atoms with Crippen LogP contribution >= 0.6 is 38.6 Å². The Hall–Kier alpha value is -1.82. The van der Waals surface area contributed by atoms with E-state index >= 15 is 0 Å². The molecule has 0 aliphatic carbocycles. The predicted octanol–water partition coefficient (Wildman–Crippen LogP) is 6.36. The predicted molar refractivity (Wildman–Crippen MR) is 102 cm³/mol. The van der Waals surface area contributed by atoms with E-state index in [2.05, 4.69) is 51.0 Å². The first kappa shape index (κ1) is 14.8. The van der Waals surface area contributed by atoms with Crippen LogP contribution in [0.4, 0.5) is 0 Å². The van der Waals surface area contributed by atoms with E-state index in [0.717, 1.165) is 37.0 Å². The summed E-state index contributed by atoms with van der Waals surface area (Å²) in [5.41, 5.74) is 4.26. The van der Waals surface area contributed by atoms with Gasteiger partial charge in [-0.1, -0.05) is 58.4 Å². The van der Waals surface area contributed by atoms with E-state index < -0.39 is 0 Å². The number of rotatable bonds is 3. The van der Waals surface area contributed by atoms with Crippen molar-refractivity contribution in [2.45, 2.75) is 0 Å². The van der Waals surface area contributed by atoms with Crippen molar-refractivity contribution in [1.82, 2.24) is 9.97 Å². The van der Waals surface area contributed by atoms with Gasteiger partial charge in [0.15, 0.2) is 10.0 Å². The van der Waals surface area contributed by atoms with E-state index in [9.17, 15) is 0 Å². The molecule has 0 saturated heterocycles. The number of hydrogen-bond acceptors (Lipinski definition) is 4. The molecule has 0 saturated carbocycles. The number of nitrogens with zero attached hydrogens (tertiary/aromatic N) is 2. The summed E-state index contributed by atoms with van der Waals surface area (Å²) in [6, 6.07) is 18.4. The van der Waals surface area contributed by atoms with Crippen molar-refractivity contribution in [2.75, 3.05) is 0 Å². The maximum absolute atomic E-state index is 4.74. The fourth-order valence-electron chi connectivity index (χ4n) is 2.24. The Balaban J connectivity index is 1.65. The molecule has 2 nitrogen and oxygen atoms in total. The maximum atomic E-state index is 4.74. The summed E-state index contributed by atoms with van der Waals surface area (Å²) in [7, 11) is 0. The van der Waals surface area contributed by atoms with Gasteiger partial charge in [-0.15, -0.1) is 22.7 Å². The summed E-state index contributed by atoms with van der Waals surface area (Å²) < 4.78 is 1.07. The topological polar surface area (TPSA) is 25.8 Å². The van der Waals surface area contributed by atoms with Crippen LogP contribution in [0.5, 0.6) is 0 Å². The van der Waals surface area contributed by atoms with Gasteiger partial charge in [0.2, 0.25) is 0 Å². The molecule has 0 radical (unpaired) electrons. The second-order valence-corrected chi connectivity index (χ2v) is 7.58. The quantitative estimate of drug-likeness (QED) is 0.400. The van der Waals surface area contributed by atoms with Crippen LogP contribution in [0.1, 0.15) is 0 Å². The highest BCUT2D eigenvalue weighted by atomic mass is 79.9. The molecule has 0 N–H and O–H groups in total. The molecule has 0 spiro atoms. The fraction of sp³-hybridized carbons (Fsp3) is 0. The van der Waals surface area contributed by atoms with Crippen LogP contribution in [0, 0.1) is 0 Å². The highest BCUT2D eigenvalue weighted by Gasteiger charge is 2.11. The van der Waals surface area contributed by atoms with Crippen LogP contribution in [0.2, 0.25) is 0 Å². The summed E-state index contributed by atoms with van der Waals surface area (Å²) in [6.07, 6.45) is 0. The Morgan fingerprint density at radius 2 is 1.17 bits per heavy atom. The first-order chi connectivity index (χ1) is 11.3. The molecule has 23 heavy (non-hydrogen) atoms. The van der Waals surface area contributed by atoms with Crippen LogP contribution in [-0.2, 0) is 0 Å². The van der Waals surface area contributed by atoms with Gasteiger partial charge in [-0.2, -0.15) is 0 Å². The van der Waals surface area contributed by atoms with Crippen molar-refractivity contribution in [1.29, 1.82) is 0 Å². The molecule has 4 aromatic rings. The Kier molecular flexibility index (Phi) is 4.08. The van der Waals surface area contributed by atoms with Crippen molar-refractivity contribution < 1.29 is 0 Å². The molecule has 0 unspecified atom stereocenters. The molecule has 0 bridgehead atoms. The third-order valence-electron chi connectivity index (χ3n) is 3.40. The molecular formula is C18H11BrN2S2. The highest BCUT2D eigenvalue weighted by molar-refractivity contribution is 9.10. The van der Waals surface area contributed by atoms with Gasteiger partial charge in [0, 0.05) is 26.4 Å². The Morgan fingerprint density at radius 3 is 1.74 bits per heavy atom. The standard InChI is InChI=1S/C18H11BrN2S2/c19-14-8-6-13(7-9-14)16-11-23-18(21-16)17-20-15(10-22-17)12-4-2-1-3-5-12/h1-11H. The molecular weight excluding hydrogens is 388 g/mol. The van der Waals surface area contributed by atoms with Gasteiger partial charge >= 0.3 is 0 Å². The first-order valence-corrected chi connectivity index (χ1v) is 9.57. The zero-order valence-corrected chi connectivity index (χ0v) is 15.2. The third-order valence-corrected chi connectivity index (χ3v) is 5.76. The van der Waals surface area contributed by atoms with Crippen LogP contribution in [0.15, 0.2) is 69.8 Å². The van der Waals surface area contributed by atoms with E-state index in [0.29, 0.717) is 0 Å². The minimum Gasteiger partial charge on any atom is -0.233 e. The molecule has 0 fully saturated rings. The average molecular weight is 399 g/mol. The fourth-order valence-corrected chi connectivity index (χ4v) is 4.21. The lowest BCUT2D eigenvalue weighted by Crippen LogP contribution is -1.80. The Morgan fingerprint density at radius 1 is 0.652 bits per heavy atom. The number of aromatic nitrogens is 2. The second kappa shape index (κ2) is 6.35. The molecule has 5 heteroatoms. The lowest BCUT2D eigenvalue weighted by molar-refractivity contribution is 1.35. The number of benzene rings is 2. The molecule has 0 atom stereocenters. The summed E-state index contributed by atoms with van der Waals surface area (Å²) in [6.45, 7) is 0. The molecule has 112 valence electrons. The Bertz CT molecular complexity index is 927. The van der Waals surface area contributed by atoms with Crippen molar-refractivity contribution in [3.8, 4) is 32.5 Å². The number of hydrogen-bond donors (Lipinski definition) is 0. The third kappa shape index (κ3) is 3.13. The molecule has 0 aliphatic rings. The monoisotopic (exact) mass is 398 g/mol. The van der Waals surface area contributed by atoms with Gasteiger partial charge in [-0.3, -0.25) is 0 Å². The van der Waals surface area contributed by atoms with Gasteiger partial charge in [0.05, 0.1) is 11.4 Å². The van der Waals surface area contributed by atoms with Crippen LogP contribution < -0.4 is 0 Å². The highest BCUT2D eigenvalue weighted by Crippen LogP contribution is 2.33. The average Bonchev–Trinajstić information content (AvgIpc) is 3.26. The molecule has 0 aliphatic heterocycles. The lowest BCUT2D eigenvalue weighted by Gasteiger charge is -1.96. The number of thiazole rings is 2. The SMILES string of the molecule is Brc1ccc(-c2csc(-c3nc(-c4ccccc4)cs3)n2)cc1. The van der Waals surface area contributed by atoms with Crippen molar-refractivity contribution in [3.63, 3.8) is 0 Å². The zero-order chi connectivity index (χ0) is 15.6. The number of halogens is 1. The largest absolute Gasteiger partial charge is 0.233 e. The van der Waals surface area contributed by atoms with Gasteiger partial charge in [-0.25, -0.2) is 9.97 Å². The van der Waals surface area contributed by atoms with E-state index in [1.807, 2.05) is 30.3 Å². The summed E-state index contributed by atoms with van der Waals surface area (Å²) in [4.78, 5) is 9.47. The van der Waals surface area contributed by atoms with E-state index in [-0.39, 0.29) is 0 Å². The minimum absolute atomic E-state index is 0.968. The smallest absolute Gasteiger partial charge is 0.152 e. The summed E-state index contributed by atoms with van der Waals surface area (Å²) in [5.74, 6) is 0. The molecule has 2 aromatic heterocycles. The van der Waals surface area contributed by atoms with Crippen molar-refractivity contribution in [2.24, 2.45) is 0 Å². The van der Waals surface area contributed by atoms with E-state index in [1.54, 1.807) is 22.7 Å². The maximum Gasteiger partial charge on any atom is 0.152 e. The van der Waals surface area contributed by atoms with Crippen molar-refractivity contribution >= 4 is 38.6 Å².